The first kappa shape index (κ1) is 23.1. The predicted octanol–water partition coefficient (Wildman–Crippen LogP) is 0.532. The average molecular weight is 483 g/mol. The van der Waals surface area contributed by atoms with Crippen molar-refractivity contribution in [3.05, 3.63) is 80.9 Å². The molecule has 0 radical (unpaired) electrons. The van der Waals surface area contributed by atoms with Gasteiger partial charge in [0.15, 0.2) is 12.0 Å². The molecule has 2 aromatic heterocycles. The number of rotatable bonds is 7. The smallest absolute Gasteiger partial charge is 0.330 e. The van der Waals surface area contributed by atoms with Crippen LogP contribution in [0.25, 0.3) is 0 Å². The molecular weight excluding hydrogens is 458 g/mol. The van der Waals surface area contributed by atoms with E-state index in [0.29, 0.717) is 5.69 Å². The minimum absolute atomic E-state index is 0.00865. The van der Waals surface area contributed by atoms with E-state index in [-0.39, 0.29) is 25.5 Å². The Balaban J connectivity index is 1.24. The van der Waals surface area contributed by atoms with E-state index in [4.69, 9.17) is 18.9 Å². The highest BCUT2D eigenvalue weighted by Crippen LogP contribution is 2.42. The third-order valence-corrected chi connectivity index (χ3v) is 5.78. The number of aromatic nitrogens is 5. The lowest BCUT2D eigenvalue weighted by molar-refractivity contribution is -0.198. The lowest BCUT2D eigenvalue weighted by atomic mass is 10.1. The van der Waals surface area contributed by atoms with Crippen molar-refractivity contribution in [2.75, 3.05) is 0 Å². The van der Waals surface area contributed by atoms with Gasteiger partial charge in [0, 0.05) is 12.3 Å². The van der Waals surface area contributed by atoms with Gasteiger partial charge in [-0.2, -0.15) is 0 Å². The number of ether oxygens (including phenoxy) is 4. The summed E-state index contributed by atoms with van der Waals surface area (Å²) in [6.45, 7) is 3.82. The van der Waals surface area contributed by atoms with Crippen LogP contribution in [0.5, 0.6) is 0 Å². The summed E-state index contributed by atoms with van der Waals surface area (Å²) in [5, 5.41) is 8.17. The fourth-order valence-electron chi connectivity index (χ4n) is 4.30. The van der Waals surface area contributed by atoms with E-state index >= 15 is 0 Å². The largest absolute Gasteiger partial charge is 0.459 e. The zero-order valence-electron chi connectivity index (χ0n) is 19.2. The number of nitrogens with zero attached hydrogens (tertiary/aromatic N) is 4. The van der Waals surface area contributed by atoms with Crippen molar-refractivity contribution in [1.82, 2.24) is 24.5 Å². The molecule has 184 valence electrons. The van der Waals surface area contributed by atoms with E-state index in [2.05, 4.69) is 15.3 Å². The molecule has 0 spiro atoms. The molecule has 35 heavy (non-hydrogen) atoms. The molecule has 0 amide bonds. The van der Waals surface area contributed by atoms with Crippen molar-refractivity contribution >= 4 is 5.97 Å². The summed E-state index contributed by atoms with van der Waals surface area (Å²) in [4.78, 5) is 38.1. The van der Waals surface area contributed by atoms with Crippen LogP contribution in [0.1, 0.15) is 31.3 Å². The highest BCUT2D eigenvalue weighted by Gasteiger charge is 2.56. The molecule has 4 heterocycles. The van der Waals surface area contributed by atoms with Crippen LogP contribution in [-0.2, 0) is 43.3 Å². The Morgan fingerprint density at radius 3 is 2.69 bits per heavy atom. The molecule has 2 saturated heterocycles. The lowest BCUT2D eigenvalue weighted by Crippen LogP contribution is -2.37. The van der Waals surface area contributed by atoms with E-state index in [1.807, 2.05) is 30.3 Å². The Labute approximate surface area is 199 Å². The number of benzene rings is 1. The van der Waals surface area contributed by atoms with Crippen molar-refractivity contribution in [2.24, 2.45) is 0 Å². The quantitative estimate of drug-likeness (QED) is 0.477. The maximum Gasteiger partial charge on any atom is 0.330 e. The van der Waals surface area contributed by atoms with Gasteiger partial charge in [-0.1, -0.05) is 35.5 Å². The first-order chi connectivity index (χ1) is 16.8. The molecule has 3 aromatic rings. The molecule has 1 aromatic carbocycles. The van der Waals surface area contributed by atoms with Crippen LogP contribution in [-0.4, -0.2) is 54.6 Å². The topological polar surface area (TPSA) is 140 Å². The van der Waals surface area contributed by atoms with Crippen LogP contribution < -0.4 is 11.2 Å². The zero-order valence-corrected chi connectivity index (χ0v) is 19.2. The van der Waals surface area contributed by atoms with Crippen LogP contribution in [0.3, 0.4) is 0 Å². The lowest BCUT2D eigenvalue weighted by Gasteiger charge is -2.24. The van der Waals surface area contributed by atoms with Gasteiger partial charge in [-0.05, 0) is 19.4 Å². The molecule has 2 aliphatic rings. The van der Waals surface area contributed by atoms with Gasteiger partial charge in [0.1, 0.15) is 30.6 Å². The third-order valence-electron chi connectivity index (χ3n) is 5.78. The normalized spacial score (nSPS) is 24.9. The summed E-state index contributed by atoms with van der Waals surface area (Å²) in [7, 11) is 0. The predicted molar refractivity (Wildman–Crippen MR) is 119 cm³/mol. The van der Waals surface area contributed by atoms with Gasteiger partial charge < -0.3 is 18.9 Å². The summed E-state index contributed by atoms with van der Waals surface area (Å²) in [5.41, 5.74) is 0.252. The molecule has 0 unspecified atom stereocenters. The number of fused-ring (bicyclic) bond motifs is 1. The van der Waals surface area contributed by atoms with E-state index in [9.17, 15) is 14.4 Å². The number of hydrogen-bond donors (Lipinski definition) is 1. The van der Waals surface area contributed by atoms with Crippen molar-refractivity contribution < 1.29 is 23.7 Å². The minimum Gasteiger partial charge on any atom is -0.459 e. The Kier molecular flexibility index (Phi) is 6.09. The monoisotopic (exact) mass is 483 g/mol. The Bertz CT molecular complexity index is 1320. The van der Waals surface area contributed by atoms with E-state index in [1.165, 1.54) is 16.8 Å². The molecule has 0 bridgehead atoms. The fourth-order valence-corrected chi connectivity index (χ4v) is 4.30. The van der Waals surface area contributed by atoms with Gasteiger partial charge in [-0.3, -0.25) is 19.1 Å². The number of esters is 1. The second kappa shape index (κ2) is 9.21. The SMILES string of the molecule is CC1(C)O[C@@H]2[C@H](O1)[C@@H](Cn1cc(COC(=O)Cc3ccccc3)nn1)O[C@H]2n1ccc(=O)[nH]c1=O. The molecule has 0 saturated carbocycles. The van der Waals surface area contributed by atoms with Crippen molar-refractivity contribution in [1.29, 1.82) is 0 Å². The summed E-state index contributed by atoms with van der Waals surface area (Å²) >= 11 is 0. The third kappa shape index (κ3) is 5.09. The summed E-state index contributed by atoms with van der Waals surface area (Å²) in [6, 6.07) is 10.6. The first-order valence-corrected chi connectivity index (χ1v) is 11.2. The number of hydrogen-bond acceptors (Lipinski definition) is 9. The van der Waals surface area contributed by atoms with Gasteiger partial charge in [0.05, 0.1) is 19.2 Å². The van der Waals surface area contributed by atoms with Gasteiger partial charge >= 0.3 is 11.7 Å². The number of nitrogens with one attached hydrogen (secondary N) is 1. The molecule has 5 rings (SSSR count). The van der Waals surface area contributed by atoms with Crippen molar-refractivity contribution in [3.8, 4) is 0 Å². The minimum atomic E-state index is -0.873. The van der Waals surface area contributed by atoms with E-state index in [1.54, 1.807) is 24.7 Å². The van der Waals surface area contributed by atoms with Gasteiger partial charge in [0.25, 0.3) is 5.56 Å². The van der Waals surface area contributed by atoms with Crippen LogP contribution >= 0.6 is 0 Å². The summed E-state index contributed by atoms with van der Waals surface area (Å²) in [6.07, 6.45) is 0.850. The first-order valence-electron chi connectivity index (χ1n) is 11.2. The molecule has 12 nitrogen and oxygen atoms in total. The second-order valence-corrected chi connectivity index (χ2v) is 8.90. The highest BCUT2D eigenvalue weighted by molar-refractivity contribution is 5.72. The standard InChI is InChI=1S/C23H25N5O7/c1-23(2)34-19-16(33-21(20(19)35-23)28-9-8-17(29)24-22(28)31)12-27-11-15(25-26-27)13-32-18(30)10-14-6-4-3-5-7-14/h3-9,11,16,19-21H,10,12-13H2,1-2H3,(H,24,29,31)/t16-,19-,20-,21-/m1/s1. The molecule has 0 aliphatic carbocycles. The van der Waals surface area contributed by atoms with Gasteiger partial charge in [-0.25, -0.2) is 9.48 Å². The average Bonchev–Trinajstić information content (AvgIpc) is 3.47. The van der Waals surface area contributed by atoms with Crippen molar-refractivity contribution in [2.45, 2.75) is 63.7 Å². The zero-order chi connectivity index (χ0) is 24.6. The molecule has 4 atom stereocenters. The number of aromatic amines is 1. The van der Waals surface area contributed by atoms with Crippen LogP contribution in [0.15, 0.2) is 58.4 Å². The number of carbonyl (C=O) groups is 1. The molecule has 12 heteroatoms. The van der Waals surface area contributed by atoms with Crippen LogP contribution in [0.4, 0.5) is 0 Å². The van der Waals surface area contributed by atoms with E-state index in [0.717, 1.165) is 5.56 Å². The molecular formula is C23H25N5O7. The number of carbonyl (C=O) groups excluding carboxylic acids is 1. The van der Waals surface area contributed by atoms with Crippen LogP contribution in [0.2, 0.25) is 0 Å². The van der Waals surface area contributed by atoms with Gasteiger partial charge in [0.2, 0.25) is 0 Å². The number of H-pyrrole nitrogens is 1. The highest BCUT2D eigenvalue weighted by atomic mass is 16.8. The molecule has 1 N–H and O–H groups in total. The van der Waals surface area contributed by atoms with Crippen molar-refractivity contribution in [3.63, 3.8) is 0 Å². The maximum atomic E-state index is 12.3. The van der Waals surface area contributed by atoms with Gasteiger partial charge in [-0.15, -0.1) is 5.10 Å². The maximum absolute atomic E-state index is 12.3. The summed E-state index contributed by atoms with van der Waals surface area (Å²) in [5.74, 6) is -1.23. The van der Waals surface area contributed by atoms with E-state index < -0.39 is 41.6 Å². The summed E-state index contributed by atoms with van der Waals surface area (Å²) < 4.78 is 26.3. The Morgan fingerprint density at radius 2 is 1.91 bits per heavy atom. The van der Waals surface area contributed by atoms with Crippen LogP contribution in [0, 0.1) is 0 Å². The Hall–Kier alpha value is -3.61. The molecule has 2 fully saturated rings. The molecule has 2 aliphatic heterocycles. The Morgan fingerprint density at radius 1 is 1.14 bits per heavy atom. The second-order valence-electron chi connectivity index (χ2n) is 8.90. The fraction of sp³-hybridized carbons (Fsp3) is 0.435.